The second-order valence-electron chi connectivity index (χ2n) is 4.82. The van der Waals surface area contributed by atoms with Crippen LogP contribution in [0.3, 0.4) is 0 Å². The number of nitro groups is 1. The van der Waals surface area contributed by atoms with E-state index in [-0.39, 0.29) is 5.69 Å². The molecule has 0 N–H and O–H groups in total. The van der Waals surface area contributed by atoms with E-state index in [4.69, 9.17) is 0 Å². The molecule has 2 aromatic rings. The predicted octanol–water partition coefficient (Wildman–Crippen LogP) is 3.49. The highest BCUT2D eigenvalue weighted by atomic mass is 32.2. The Bertz CT molecular complexity index is 601. The Morgan fingerprint density at radius 1 is 1.29 bits per heavy atom. The number of unbranched alkanes of at least 4 members (excludes halogenated alkanes) is 5. The summed E-state index contributed by atoms with van der Waals surface area (Å²) in [5, 5.41) is 15.5. The van der Waals surface area contributed by atoms with Crippen molar-refractivity contribution < 1.29 is 4.92 Å². The molecule has 0 aliphatic carbocycles. The lowest BCUT2D eigenvalue weighted by atomic mass is 10.1. The monoisotopic (exact) mass is 309 g/mol. The molecular formula is C13H19N5O2S. The summed E-state index contributed by atoms with van der Waals surface area (Å²) < 4.78 is 1.36. The lowest BCUT2D eigenvalue weighted by Gasteiger charge is -1.98. The normalized spacial score (nSPS) is 11.1. The van der Waals surface area contributed by atoms with Crippen molar-refractivity contribution in [2.75, 3.05) is 5.75 Å². The van der Waals surface area contributed by atoms with Crippen molar-refractivity contribution in [3.63, 3.8) is 0 Å². The fourth-order valence-corrected chi connectivity index (χ4v) is 2.78. The zero-order valence-electron chi connectivity index (χ0n) is 12.1. The van der Waals surface area contributed by atoms with E-state index in [9.17, 15) is 10.1 Å². The summed E-state index contributed by atoms with van der Waals surface area (Å²) in [6.45, 7) is 2.21. The van der Waals surface area contributed by atoms with Gasteiger partial charge in [-0.25, -0.2) is 4.98 Å². The maximum atomic E-state index is 10.7. The first-order valence-corrected chi connectivity index (χ1v) is 8.19. The van der Waals surface area contributed by atoms with Gasteiger partial charge >= 0.3 is 5.69 Å². The number of aromatic nitrogens is 4. The Balaban J connectivity index is 1.81. The Kier molecular flexibility index (Phi) is 5.91. The first-order valence-electron chi connectivity index (χ1n) is 7.20. The molecule has 7 nitrogen and oxygen atoms in total. The van der Waals surface area contributed by atoms with E-state index in [1.165, 1.54) is 49.0 Å². The average Bonchev–Trinajstić information content (AvgIpc) is 2.88. The molecule has 0 aromatic carbocycles. The minimum absolute atomic E-state index is 0.0834. The minimum Gasteiger partial charge on any atom is -0.258 e. The van der Waals surface area contributed by atoms with Crippen LogP contribution in [0.5, 0.6) is 0 Å². The van der Waals surface area contributed by atoms with Gasteiger partial charge in [0.05, 0.1) is 4.92 Å². The second kappa shape index (κ2) is 7.92. The van der Waals surface area contributed by atoms with Crippen molar-refractivity contribution in [2.45, 2.75) is 50.6 Å². The molecule has 0 atom stereocenters. The van der Waals surface area contributed by atoms with Crippen LogP contribution in [0.25, 0.3) is 5.78 Å². The molecule has 0 fully saturated rings. The van der Waals surface area contributed by atoms with Crippen LogP contribution in [0, 0.1) is 10.1 Å². The van der Waals surface area contributed by atoms with Crippen molar-refractivity contribution in [3.05, 3.63) is 22.5 Å². The maximum absolute atomic E-state index is 10.7. The van der Waals surface area contributed by atoms with Gasteiger partial charge in [-0.05, 0) is 6.42 Å². The second-order valence-corrected chi connectivity index (χ2v) is 5.89. The molecule has 21 heavy (non-hydrogen) atoms. The largest absolute Gasteiger partial charge is 0.305 e. The lowest BCUT2D eigenvalue weighted by molar-refractivity contribution is -0.385. The van der Waals surface area contributed by atoms with Crippen molar-refractivity contribution in [2.24, 2.45) is 0 Å². The van der Waals surface area contributed by atoms with Gasteiger partial charge < -0.3 is 0 Å². The zero-order chi connectivity index (χ0) is 15.1. The smallest absolute Gasteiger partial charge is 0.258 e. The first kappa shape index (κ1) is 15.7. The molecule has 2 aromatic heterocycles. The molecule has 0 amide bonds. The zero-order valence-corrected chi connectivity index (χ0v) is 12.9. The van der Waals surface area contributed by atoms with Crippen molar-refractivity contribution in [1.29, 1.82) is 0 Å². The van der Waals surface area contributed by atoms with Gasteiger partial charge in [0.15, 0.2) is 0 Å². The molecule has 0 spiro atoms. The summed E-state index contributed by atoms with van der Waals surface area (Å²) in [7, 11) is 0. The molecule has 0 bridgehead atoms. The van der Waals surface area contributed by atoms with E-state index in [0.717, 1.165) is 12.2 Å². The summed E-state index contributed by atoms with van der Waals surface area (Å²) in [5.74, 6) is 1.36. The topological polar surface area (TPSA) is 86.2 Å². The van der Waals surface area contributed by atoms with Gasteiger partial charge in [-0.1, -0.05) is 50.8 Å². The van der Waals surface area contributed by atoms with Gasteiger partial charge in [0.1, 0.15) is 12.4 Å². The van der Waals surface area contributed by atoms with Gasteiger partial charge in [0.25, 0.3) is 5.78 Å². The van der Waals surface area contributed by atoms with Crippen LogP contribution in [-0.4, -0.2) is 30.3 Å². The molecule has 0 aliphatic rings. The highest BCUT2D eigenvalue weighted by Crippen LogP contribution is 2.18. The Morgan fingerprint density at radius 2 is 2.05 bits per heavy atom. The van der Waals surface area contributed by atoms with Crippen molar-refractivity contribution in [1.82, 2.24) is 19.6 Å². The standard InChI is InChI=1S/C13H19N5O2S/c1-2-3-4-5-6-7-8-21-13-15-12-14-9-11(18(19)20)10-17(12)16-13/h9-10H,2-8H2,1H3. The number of hydrogen-bond acceptors (Lipinski definition) is 6. The third-order valence-electron chi connectivity index (χ3n) is 3.10. The van der Waals surface area contributed by atoms with E-state index in [1.807, 2.05) is 0 Å². The molecule has 8 heteroatoms. The SMILES string of the molecule is CCCCCCCCSc1nc2ncc([N+](=O)[O-])cn2n1. The average molecular weight is 309 g/mol. The van der Waals surface area contributed by atoms with Crippen LogP contribution in [0.1, 0.15) is 45.4 Å². The van der Waals surface area contributed by atoms with Crippen LogP contribution >= 0.6 is 11.8 Å². The first-order chi connectivity index (χ1) is 10.2. The predicted molar refractivity (Wildman–Crippen MR) is 81.5 cm³/mol. The van der Waals surface area contributed by atoms with Crippen LogP contribution in [0.15, 0.2) is 17.6 Å². The summed E-state index contributed by atoms with van der Waals surface area (Å²) in [5.41, 5.74) is -0.0834. The summed E-state index contributed by atoms with van der Waals surface area (Å²) in [6.07, 6.45) is 10.1. The van der Waals surface area contributed by atoms with Gasteiger partial charge in [0.2, 0.25) is 5.16 Å². The maximum Gasteiger partial charge on any atom is 0.305 e. The minimum atomic E-state index is -0.489. The summed E-state index contributed by atoms with van der Waals surface area (Å²) >= 11 is 1.57. The van der Waals surface area contributed by atoms with Crippen LogP contribution in [-0.2, 0) is 0 Å². The van der Waals surface area contributed by atoms with E-state index in [0.29, 0.717) is 10.9 Å². The molecule has 0 aliphatic heterocycles. The van der Waals surface area contributed by atoms with E-state index in [1.54, 1.807) is 11.8 Å². The highest BCUT2D eigenvalue weighted by molar-refractivity contribution is 7.99. The number of rotatable bonds is 9. The Hall–Kier alpha value is -1.70. The third-order valence-corrected chi connectivity index (χ3v) is 4.02. The van der Waals surface area contributed by atoms with E-state index in [2.05, 4.69) is 22.0 Å². The summed E-state index contributed by atoms with van der Waals surface area (Å²) in [4.78, 5) is 18.4. The molecule has 0 radical (unpaired) electrons. The molecule has 0 saturated carbocycles. The quantitative estimate of drug-likeness (QED) is 0.305. The molecule has 0 saturated heterocycles. The molecule has 2 heterocycles. The van der Waals surface area contributed by atoms with Gasteiger partial charge in [-0.3, -0.25) is 10.1 Å². The van der Waals surface area contributed by atoms with Gasteiger partial charge in [-0.15, -0.1) is 5.10 Å². The Morgan fingerprint density at radius 3 is 2.81 bits per heavy atom. The summed E-state index contributed by atoms with van der Waals surface area (Å²) in [6, 6.07) is 0. The van der Waals surface area contributed by atoms with Crippen molar-refractivity contribution in [3.8, 4) is 0 Å². The molecular weight excluding hydrogens is 290 g/mol. The molecule has 2 rings (SSSR count). The van der Waals surface area contributed by atoms with Crippen molar-refractivity contribution >= 4 is 23.2 Å². The number of fused-ring (bicyclic) bond motifs is 1. The van der Waals surface area contributed by atoms with Crippen LogP contribution in [0.4, 0.5) is 5.69 Å². The van der Waals surface area contributed by atoms with Crippen LogP contribution < -0.4 is 0 Å². The number of nitrogens with zero attached hydrogens (tertiary/aromatic N) is 5. The van der Waals surface area contributed by atoms with Crippen LogP contribution in [0.2, 0.25) is 0 Å². The molecule has 114 valence electrons. The fourth-order valence-electron chi connectivity index (χ4n) is 1.95. The van der Waals surface area contributed by atoms with E-state index >= 15 is 0 Å². The van der Waals surface area contributed by atoms with Gasteiger partial charge in [0, 0.05) is 5.75 Å². The van der Waals surface area contributed by atoms with E-state index < -0.39 is 4.92 Å². The highest BCUT2D eigenvalue weighted by Gasteiger charge is 2.11. The van der Waals surface area contributed by atoms with Gasteiger partial charge in [-0.2, -0.15) is 9.50 Å². The number of thioether (sulfide) groups is 1. The Labute approximate surface area is 127 Å². The third kappa shape index (κ3) is 4.66. The number of hydrogen-bond donors (Lipinski definition) is 0. The molecule has 0 unspecified atom stereocenters. The fraction of sp³-hybridized carbons (Fsp3) is 0.615. The lowest BCUT2D eigenvalue weighted by Crippen LogP contribution is -1.95.